The summed E-state index contributed by atoms with van der Waals surface area (Å²) in [5.41, 5.74) is 5.86. The van der Waals surface area contributed by atoms with E-state index in [0.29, 0.717) is 0 Å². The van der Waals surface area contributed by atoms with Crippen molar-refractivity contribution in [2.75, 3.05) is 7.05 Å². The standard InChI is InChI=1S/C13H18Cl2N2O2S/c1-17(10-7-5-9(16)6-8-10)20(18,19)13-11(14)3-2-4-12(13)15/h2-4,9-10H,5-8,16H2,1H3. The smallest absolute Gasteiger partial charge is 0.246 e. The third-order valence-electron chi connectivity index (χ3n) is 3.81. The van der Waals surface area contributed by atoms with Crippen LogP contribution in [-0.4, -0.2) is 31.9 Å². The Morgan fingerprint density at radius 3 is 2.15 bits per heavy atom. The normalized spacial score (nSPS) is 24.1. The number of sulfonamides is 1. The van der Waals surface area contributed by atoms with Crippen LogP contribution in [0.3, 0.4) is 0 Å². The molecule has 1 aromatic rings. The third kappa shape index (κ3) is 3.12. The molecule has 1 aromatic carbocycles. The van der Waals surface area contributed by atoms with Crippen LogP contribution in [0.1, 0.15) is 25.7 Å². The minimum Gasteiger partial charge on any atom is -0.328 e. The van der Waals surface area contributed by atoms with Gasteiger partial charge in [-0.2, -0.15) is 4.31 Å². The van der Waals surface area contributed by atoms with Crippen molar-refractivity contribution < 1.29 is 8.42 Å². The zero-order valence-electron chi connectivity index (χ0n) is 11.2. The topological polar surface area (TPSA) is 63.4 Å². The number of rotatable bonds is 3. The molecule has 0 unspecified atom stereocenters. The van der Waals surface area contributed by atoms with Crippen LogP contribution in [0.2, 0.25) is 10.0 Å². The van der Waals surface area contributed by atoms with Crippen molar-refractivity contribution in [1.82, 2.24) is 4.31 Å². The molecule has 0 saturated heterocycles. The molecule has 0 aliphatic heterocycles. The second-order valence-electron chi connectivity index (χ2n) is 5.14. The summed E-state index contributed by atoms with van der Waals surface area (Å²) in [7, 11) is -2.11. The average molecular weight is 337 g/mol. The second-order valence-corrected chi connectivity index (χ2v) is 7.89. The van der Waals surface area contributed by atoms with Gasteiger partial charge in [-0.1, -0.05) is 29.3 Å². The van der Waals surface area contributed by atoms with Crippen LogP contribution >= 0.6 is 23.2 Å². The van der Waals surface area contributed by atoms with Gasteiger partial charge in [0.2, 0.25) is 10.0 Å². The maximum atomic E-state index is 12.7. The fourth-order valence-corrected chi connectivity index (χ4v) is 5.04. The summed E-state index contributed by atoms with van der Waals surface area (Å²) in [6.07, 6.45) is 3.19. The molecular formula is C13H18Cl2N2O2S. The van der Waals surface area contributed by atoms with Gasteiger partial charge in [-0.05, 0) is 37.8 Å². The fraction of sp³-hybridized carbons (Fsp3) is 0.538. The molecule has 2 rings (SSSR count). The maximum Gasteiger partial charge on any atom is 0.246 e. The van der Waals surface area contributed by atoms with Gasteiger partial charge in [-0.15, -0.1) is 0 Å². The van der Waals surface area contributed by atoms with Gasteiger partial charge in [0.1, 0.15) is 4.90 Å². The minimum absolute atomic E-state index is 0.0132. The van der Waals surface area contributed by atoms with Crippen LogP contribution < -0.4 is 5.73 Å². The number of hydrogen-bond acceptors (Lipinski definition) is 3. The van der Waals surface area contributed by atoms with Crippen LogP contribution in [-0.2, 0) is 10.0 Å². The lowest BCUT2D eigenvalue weighted by Crippen LogP contribution is -2.41. The highest BCUT2D eigenvalue weighted by Crippen LogP contribution is 2.33. The summed E-state index contributed by atoms with van der Waals surface area (Å²) in [6, 6.07) is 4.82. The Kier molecular flexibility index (Phi) is 4.97. The largest absolute Gasteiger partial charge is 0.328 e. The molecule has 1 fully saturated rings. The molecule has 0 aromatic heterocycles. The number of hydrogen-bond donors (Lipinski definition) is 1. The summed E-state index contributed by atoms with van der Waals surface area (Å²) >= 11 is 12.0. The molecule has 0 atom stereocenters. The van der Waals surface area contributed by atoms with Gasteiger partial charge < -0.3 is 5.73 Å². The van der Waals surface area contributed by atoms with Crippen LogP contribution in [0.25, 0.3) is 0 Å². The summed E-state index contributed by atoms with van der Waals surface area (Å²) < 4.78 is 26.7. The van der Waals surface area contributed by atoms with E-state index >= 15 is 0 Å². The zero-order valence-corrected chi connectivity index (χ0v) is 13.5. The molecule has 1 saturated carbocycles. The highest BCUT2D eigenvalue weighted by Gasteiger charge is 2.33. The van der Waals surface area contributed by atoms with Crippen molar-refractivity contribution in [3.8, 4) is 0 Å². The monoisotopic (exact) mass is 336 g/mol. The van der Waals surface area contributed by atoms with Crippen molar-refractivity contribution in [2.24, 2.45) is 5.73 Å². The minimum atomic E-state index is -3.69. The van der Waals surface area contributed by atoms with E-state index in [4.69, 9.17) is 28.9 Å². The predicted octanol–water partition coefficient (Wildman–Crippen LogP) is 2.88. The van der Waals surface area contributed by atoms with Crippen LogP contribution in [0.5, 0.6) is 0 Å². The lowest BCUT2D eigenvalue weighted by molar-refractivity contribution is 0.268. The van der Waals surface area contributed by atoms with Crippen molar-refractivity contribution >= 4 is 33.2 Å². The first-order chi connectivity index (χ1) is 9.34. The fourth-order valence-electron chi connectivity index (χ4n) is 2.53. The van der Waals surface area contributed by atoms with Gasteiger partial charge >= 0.3 is 0 Å². The number of nitrogens with zero attached hydrogens (tertiary/aromatic N) is 1. The Hall–Kier alpha value is -0.330. The Labute approximate surface area is 129 Å². The van der Waals surface area contributed by atoms with Crippen LogP contribution in [0.15, 0.2) is 23.1 Å². The van der Waals surface area contributed by atoms with E-state index in [2.05, 4.69) is 0 Å². The van der Waals surface area contributed by atoms with E-state index in [1.165, 1.54) is 16.4 Å². The molecule has 112 valence electrons. The van der Waals surface area contributed by atoms with Crippen LogP contribution in [0.4, 0.5) is 0 Å². The summed E-state index contributed by atoms with van der Waals surface area (Å²) in [6.45, 7) is 0. The summed E-state index contributed by atoms with van der Waals surface area (Å²) in [5, 5.41) is 0.300. The molecule has 1 aliphatic rings. The first-order valence-electron chi connectivity index (χ1n) is 6.51. The van der Waals surface area contributed by atoms with Gasteiger partial charge in [0.05, 0.1) is 10.0 Å². The van der Waals surface area contributed by atoms with Crippen LogP contribution in [0, 0.1) is 0 Å². The quantitative estimate of drug-likeness (QED) is 0.922. The lowest BCUT2D eigenvalue weighted by Gasteiger charge is -2.33. The van der Waals surface area contributed by atoms with Crippen molar-refractivity contribution in [3.63, 3.8) is 0 Å². The SMILES string of the molecule is CN(C1CCC(N)CC1)S(=O)(=O)c1c(Cl)cccc1Cl. The molecule has 0 radical (unpaired) electrons. The molecule has 20 heavy (non-hydrogen) atoms. The van der Waals surface area contributed by atoms with E-state index < -0.39 is 10.0 Å². The molecule has 4 nitrogen and oxygen atoms in total. The lowest BCUT2D eigenvalue weighted by atomic mass is 9.92. The number of halogens is 2. The van der Waals surface area contributed by atoms with E-state index in [9.17, 15) is 8.42 Å². The first kappa shape index (κ1) is 16.0. The van der Waals surface area contributed by atoms with Crippen molar-refractivity contribution in [1.29, 1.82) is 0 Å². The van der Waals surface area contributed by atoms with Gasteiger partial charge in [0.25, 0.3) is 0 Å². The maximum absolute atomic E-state index is 12.7. The molecule has 7 heteroatoms. The van der Waals surface area contributed by atoms with Gasteiger partial charge in [-0.25, -0.2) is 8.42 Å². The summed E-state index contributed by atoms with van der Waals surface area (Å²) in [5.74, 6) is 0. The Morgan fingerprint density at radius 1 is 1.15 bits per heavy atom. The molecule has 2 N–H and O–H groups in total. The first-order valence-corrected chi connectivity index (χ1v) is 8.71. The van der Waals surface area contributed by atoms with Gasteiger partial charge in [0, 0.05) is 19.1 Å². The number of benzene rings is 1. The Balaban J connectivity index is 2.30. The Morgan fingerprint density at radius 2 is 1.65 bits per heavy atom. The molecule has 0 spiro atoms. The molecule has 0 heterocycles. The Bertz CT molecular complexity index is 564. The third-order valence-corrected chi connectivity index (χ3v) is 6.68. The molecule has 1 aliphatic carbocycles. The highest BCUT2D eigenvalue weighted by atomic mass is 35.5. The highest BCUT2D eigenvalue weighted by molar-refractivity contribution is 7.89. The zero-order chi connectivity index (χ0) is 14.9. The van der Waals surface area contributed by atoms with Gasteiger partial charge in [-0.3, -0.25) is 0 Å². The second kappa shape index (κ2) is 6.20. The molecular weight excluding hydrogens is 319 g/mol. The van der Waals surface area contributed by atoms with E-state index in [1.54, 1.807) is 13.1 Å². The number of nitrogens with two attached hydrogens (primary N) is 1. The average Bonchev–Trinajstić information content (AvgIpc) is 2.38. The van der Waals surface area contributed by atoms with Gasteiger partial charge in [0.15, 0.2) is 0 Å². The van der Waals surface area contributed by atoms with E-state index in [-0.39, 0.29) is 27.0 Å². The van der Waals surface area contributed by atoms with E-state index in [1.807, 2.05) is 0 Å². The molecule has 0 bridgehead atoms. The van der Waals surface area contributed by atoms with Crippen molar-refractivity contribution in [2.45, 2.75) is 42.7 Å². The van der Waals surface area contributed by atoms with E-state index in [0.717, 1.165) is 25.7 Å². The summed E-state index contributed by atoms with van der Waals surface area (Å²) in [4.78, 5) is -0.0132. The van der Waals surface area contributed by atoms with Crippen molar-refractivity contribution in [3.05, 3.63) is 28.2 Å². The molecule has 0 amide bonds. The predicted molar refractivity (Wildman–Crippen MR) is 81.6 cm³/mol.